The fraction of sp³-hybridized carbons (Fsp3) is 0.909. The number of carbonyl (C=O) groups excluding carboxylic acids is 1. The van der Waals surface area contributed by atoms with E-state index in [-0.39, 0.29) is 0 Å². The van der Waals surface area contributed by atoms with Crippen LogP contribution in [-0.2, 0) is 4.74 Å². The van der Waals surface area contributed by atoms with Gasteiger partial charge < -0.3 is 20.5 Å². The van der Waals surface area contributed by atoms with Crippen molar-refractivity contribution in [2.75, 3.05) is 13.1 Å². The summed E-state index contributed by atoms with van der Waals surface area (Å²) >= 11 is 0. The standard InChI is InChI=1S/C11H22N2O3/c1-10(2,3)16-9(15)13-11(4)5-6-12-7-8(11)14/h8,12,14H,5-7H2,1-4H3,(H,13,15)/t8-,11-/m1/s1. The van der Waals surface area contributed by atoms with E-state index in [9.17, 15) is 9.90 Å². The minimum Gasteiger partial charge on any atom is -0.444 e. The van der Waals surface area contributed by atoms with Gasteiger partial charge in [-0.3, -0.25) is 0 Å². The summed E-state index contributed by atoms with van der Waals surface area (Å²) in [5, 5.41) is 15.7. The zero-order valence-corrected chi connectivity index (χ0v) is 10.5. The number of β-amino-alcohol motifs (C(OH)–C–C–N with tert-alkyl or cyclic N) is 1. The second kappa shape index (κ2) is 4.59. The third-order valence-corrected chi connectivity index (χ3v) is 2.68. The third kappa shape index (κ3) is 3.64. The molecule has 1 aliphatic heterocycles. The number of rotatable bonds is 1. The van der Waals surface area contributed by atoms with Crippen LogP contribution in [0.25, 0.3) is 0 Å². The summed E-state index contributed by atoms with van der Waals surface area (Å²) in [7, 11) is 0. The summed E-state index contributed by atoms with van der Waals surface area (Å²) in [5.41, 5.74) is -1.12. The minimum absolute atomic E-state index is 0.476. The van der Waals surface area contributed by atoms with E-state index in [0.717, 1.165) is 6.54 Å². The highest BCUT2D eigenvalue weighted by Gasteiger charge is 2.37. The van der Waals surface area contributed by atoms with Gasteiger partial charge in [-0.2, -0.15) is 0 Å². The number of hydrogen-bond donors (Lipinski definition) is 3. The fourth-order valence-electron chi connectivity index (χ4n) is 1.66. The van der Waals surface area contributed by atoms with Gasteiger partial charge in [0.05, 0.1) is 11.6 Å². The Morgan fingerprint density at radius 2 is 2.19 bits per heavy atom. The highest BCUT2D eigenvalue weighted by Crippen LogP contribution is 2.19. The fourth-order valence-corrected chi connectivity index (χ4v) is 1.66. The average molecular weight is 230 g/mol. The van der Waals surface area contributed by atoms with Gasteiger partial charge in [-0.1, -0.05) is 0 Å². The second-order valence-corrected chi connectivity index (χ2v) is 5.51. The molecule has 1 fully saturated rings. The summed E-state index contributed by atoms with van der Waals surface area (Å²) in [4.78, 5) is 11.6. The Kier molecular flexibility index (Phi) is 3.80. The molecule has 0 bridgehead atoms. The van der Waals surface area contributed by atoms with Crippen molar-refractivity contribution in [2.45, 2.75) is 51.4 Å². The van der Waals surface area contributed by atoms with E-state index in [0.29, 0.717) is 13.0 Å². The molecule has 1 rings (SSSR count). The van der Waals surface area contributed by atoms with Gasteiger partial charge in [0.1, 0.15) is 5.60 Å². The number of hydrogen-bond acceptors (Lipinski definition) is 4. The van der Waals surface area contributed by atoms with E-state index < -0.39 is 23.3 Å². The Bertz CT molecular complexity index is 262. The maximum Gasteiger partial charge on any atom is 0.408 e. The van der Waals surface area contributed by atoms with Crippen LogP contribution in [0.3, 0.4) is 0 Å². The minimum atomic E-state index is -0.604. The molecule has 5 heteroatoms. The van der Waals surface area contributed by atoms with Crippen molar-refractivity contribution in [2.24, 2.45) is 0 Å². The Morgan fingerprint density at radius 1 is 1.56 bits per heavy atom. The lowest BCUT2D eigenvalue weighted by Crippen LogP contribution is -2.62. The summed E-state index contributed by atoms with van der Waals surface area (Å²) in [6, 6.07) is 0. The van der Waals surface area contributed by atoms with Gasteiger partial charge in [0.2, 0.25) is 0 Å². The molecule has 0 unspecified atom stereocenters. The molecule has 0 aliphatic carbocycles. The SMILES string of the molecule is CC(C)(C)OC(=O)N[C@]1(C)CCNC[C@H]1O. The molecule has 0 radical (unpaired) electrons. The lowest BCUT2D eigenvalue weighted by Gasteiger charge is -2.39. The molecule has 0 aromatic rings. The van der Waals surface area contributed by atoms with Crippen molar-refractivity contribution in [1.29, 1.82) is 0 Å². The van der Waals surface area contributed by atoms with Crippen LogP contribution in [-0.4, -0.2) is 41.5 Å². The Balaban J connectivity index is 2.54. The van der Waals surface area contributed by atoms with Gasteiger partial charge in [0, 0.05) is 6.54 Å². The van der Waals surface area contributed by atoms with Crippen LogP contribution in [0.4, 0.5) is 4.79 Å². The molecular formula is C11H22N2O3. The predicted molar refractivity (Wildman–Crippen MR) is 61.3 cm³/mol. The monoisotopic (exact) mass is 230 g/mol. The van der Waals surface area contributed by atoms with Crippen molar-refractivity contribution in [3.8, 4) is 0 Å². The Hall–Kier alpha value is -0.810. The average Bonchev–Trinajstić information content (AvgIpc) is 2.06. The number of aliphatic hydroxyl groups is 1. The van der Waals surface area contributed by atoms with Gasteiger partial charge in [0.25, 0.3) is 0 Å². The summed E-state index contributed by atoms with van der Waals surface area (Å²) in [6.45, 7) is 8.55. The molecule has 16 heavy (non-hydrogen) atoms. The maximum absolute atomic E-state index is 11.6. The normalized spacial score (nSPS) is 30.9. The van der Waals surface area contributed by atoms with Gasteiger partial charge >= 0.3 is 6.09 Å². The Labute approximate surface area is 96.6 Å². The number of piperidine rings is 1. The molecule has 1 amide bonds. The van der Waals surface area contributed by atoms with E-state index in [4.69, 9.17) is 4.74 Å². The molecule has 1 heterocycles. The van der Waals surface area contributed by atoms with Crippen molar-refractivity contribution in [3.63, 3.8) is 0 Å². The molecular weight excluding hydrogens is 208 g/mol. The first kappa shape index (κ1) is 13.3. The summed E-state index contributed by atoms with van der Waals surface area (Å²) < 4.78 is 5.17. The van der Waals surface area contributed by atoms with E-state index in [1.54, 1.807) is 0 Å². The third-order valence-electron chi connectivity index (χ3n) is 2.68. The van der Waals surface area contributed by atoms with Crippen LogP contribution in [0, 0.1) is 0 Å². The van der Waals surface area contributed by atoms with Crippen molar-refractivity contribution in [3.05, 3.63) is 0 Å². The van der Waals surface area contributed by atoms with E-state index in [2.05, 4.69) is 10.6 Å². The van der Waals surface area contributed by atoms with Crippen LogP contribution >= 0.6 is 0 Å². The topological polar surface area (TPSA) is 70.6 Å². The van der Waals surface area contributed by atoms with Crippen LogP contribution in [0.2, 0.25) is 0 Å². The van der Waals surface area contributed by atoms with E-state index in [1.165, 1.54) is 0 Å². The number of amides is 1. The molecule has 0 aromatic heterocycles. The predicted octanol–water partition coefficient (Wildman–Crippen LogP) is 0.624. The lowest BCUT2D eigenvalue weighted by atomic mass is 9.88. The van der Waals surface area contributed by atoms with Crippen LogP contribution in [0.1, 0.15) is 34.1 Å². The quantitative estimate of drug-likeness (QED) is 0.617. The first-order valence-electron chi connectivity index (χ1n) is 5.63. The van der Waals surface area contributed by atoms with Gasteiger partial charge in [-0.05, 0) is 40.7 Å². The van der Waals surface area contributed by atoms with Crippen LogP contribution in [0.15, 0.2) is 0 Å². The first-order valence-corrected chi connectivity index (χ1v) is 5.63. The summed E-state index contributed by atoms with van der Waals surface area (Å²) in [6.07, 6.45) is -0.377. The Morgan fingerprint density at radius 3 is 2.69 bits per heavy atom. The number of ether oxygens (including phenoxy) is 1. The smallest absolute Gasteiger partial charge is 0.408 e. The highest BCUT2D eigenvalue weighted by molar-refractivity contribution is 5.68. The van der Waals surface area contributed by atoms with Gasteiger partial charge in [0.15, 0.2) is 0 Å². The summed E-state index contributed by atoms with van der Waals surface area (Å²) in [5.74, 6) is 0. The molecule has 94 valence electrons. The number of aliphatic hydroxyl groups excluding tert-OH is 1. The number of alkyl carbamates (subject to hydrolysis) is 1. The molecule has 0 saturated carbocycles. The second-order valence-electron chi connectivity index (χ2n) is 5.51. The maximum atomic E-state index is 11.6. The number of carbonyl (C=O) groups is 1. The van der Waals surface area contributed by atoms with Crippen LogP contribution in [0.5, 0.6) is 0 Å². The zero-order chi connectivity index (χ0) is 12.4. The zero-order valence-electron chi connectivity index (χ0n) is 10.5. The van der Waals surface area contributed by atoms with Gasteiger partial charge in [-0.25, -0.2) is 4.79 Å². The molecule has 1 saturated heterocycles. The van der Waals surface area contributed by atoms with Crippen molar-refractivity contribution < 1.29 is 14.6 Å². The molecule has 3 N–H and O–H groups in total. The highest BCUT2D eigenvalue weighted by atomic mass is 16.6. The molecule has 0 spiro atoms. The van der Waals surface area contributed by atoms with E-state index >= 15 is 0 Å². The molecule has 5 nitrogen and oxygen atoms in total. The van der Waals surface area contributed by atoms with Crippen molar-refractivity contribution >= 4 is 6.09 Å². The molecule has 0 aromatic carbocycles. The van der Waals surface area contributed by atoms with Gasteiger partial charge in [-0.15, -0.1) is 0 Å². The molecule has 2 atom stereocenters. The van der Waals surface area contributed by atoms with Crippen LogP contribution < -0.4 is 10.6 Å². The number of nitrogens with one attached hydrogen (secondary N) is 2. The largest absolute Gasteiger partial charge is 0.444 e. The molecule has 1 aliphatic rings. The lowest BCUT2D eigenvalue weighted by molar-refractivity contribution is 0.0155. The first-order chi connectivity index (χ1) is 7.23. The van der Waals surface area contributed by atoms with Crippen molar-refractivity contribution in [1.82, 2.24) is 10.6 Å². The van der Waals surface area contributed by atoms with E-state index in [1.807, 2.05) is 27.7 Å².